The van der Waals surface area contributed by atoms with Gasteiger partial charge >= 0.3 is 5.69 Å². The predicted octanol–water partition coefficient (Wildman–Crippen LogP) is 4.98. The van der Waals surface area contributed by atoms with E-state index in [0.29, 0.717) is 0 Å². The summed E-state index contributed by atoms with van der Waals surface area (Å²) >= 11 is 0. The Labute approximate surface area is 158 Å². The molecule has 6 nitrogen and oxygen atoms in total. The molecule has 3 rings (SSSR count). The van der Waals surface area contributed by atoms with Gasteiger partial charge in [-0.3, -0.25) is 10.1 Å². The molecule has 0 saturated heterocycles. The first-order valence-electron chi connectivity index (χ1n) is 8.52. The van der Waals surface area contributed by atoms with E-state index in [0.717, 1.165) is 22.6 Å². The average molecular weight is 363 g/mol. The van der Waals surface area contributed by atoms with Crippen LogP contribution >= 0.6 is 0 Å². The number of rotatable bonds is 7. The van der Waals surface area contributed by atoms with Crippen molar-refractivity contribution < 1.29 is 9.66 Å². The Morgan fingerprint density at radius 1 is 0.963 bits per heavy atom. The van der Waals surface area contributed by atoms with E-state index in [2.05, 4.69) is 5.32 Å². The number of hydrogen-bond donors (Lipinski definition) is 1. The van der Waals surface area contributed by atoms with Gasteiger partial charge in [-0.25, -0.2) is 0 Å². The first-order chi connectivity index (χ1) is 13.0. The maximum Gasteiger partial charge on any atom is 0.311 e. The number of hydrogen-bond acceptors (Lipinski definition) is 5. The van der Waals surface area contributed by atoms with Gasteiger partial charge in [0.1, 0.15) is 6.61 Å². The fourth-order valence-electron chi connectivity index (χ4n) is 2.60. The van der Waals surface area contributed by atoms with Gasteiger partial charge in [0.25, 0.3) is 0 Å². The summed E-state index contributed by atoms with van der Waals surface area (Å²) in [4.78, 5) is 12.9. The Bertz CT molecular complexity index is 910. The molecule has 0 bridgehead atoms. The summed E-state index contributed by atoms with van der Waals surface area (Å²) < 4.78 is 5.73. The van der Waals surface area contributed by atoms with Crippen molar-refractivity contribution >= 4 is 22.7 Å². The SMILES string of the molecule is CN(C)c1ccc(Nc2ccc([N+](=O)[O-])c(OCc3ccccc3)c2)cc1. The average Bonchev–Trinajstić information content (AvgIpc) is 2.67. The first kappa shape index (κ1) is 18.3. The van der Waals surface area contributed by atoms with E-state index in [-0.39, 0.29) is 18.0 Å². The Morgan fingerprint density at radius 3 is 2.26 bits per heavy atom. The number of benzene rings is 3. The maximum absolute atomic E-state index is 11.3. The summed E-state index contributed by atoms with van der Waals surface area (Å²) in [5.41, 5.74) is 3.60. The summed E-state index contributed by atoms with van der Waals surface area (Å²) in [6, 6.07) is 22.3. The predicted molar refractivity (Wildman–Crippen MR) is 108 cm³/mol. The largest absolute Gasteiger partial charge is 0.482 e. The molecular formula is C21H21N3O3. The highest BCUT2D eigenvalue weighted by Gasteiger charge is 2.16. The molecule has 0 unspecified atom stereocenters. The Hall–Kier alpha value is -3.54. The molecule has 0 fully saturated rings. The van der Waals surface area contributed by atoms with Crippen LogP contribution in [0.4, 0.5) is 22.7 Å². The second-order valence-electron chi connectivity index (χ2n) is 6.28. The van der Waals surface area contributed by atoms with E-state index in [9.17, 15) is 10.1 Å². The van der Waals surface area contributed by atoms with Crippen molar-refractivity contribution in [3.63, 3.8) is 0 Å². The van der Waals surface area contributed by atoms with Crippen molar-refractivity contribution in [3.8, 4) is 5.75 Å². The molecule has 0 radical (unpaired) electrons. The zero-order valence-corrected chi connectivity index (χ0v) is 15.3. The van der Waals surface area contributed by atoms with E-state index in [1.54, 1.807) is 12.1 Å². The van der Waals surface area contributed by atoms with Crippen LogP contribution < -0.4 is 15.0 Å². The number of nitro groups is 1. The highest BCUT2D eigenvalue weighted by molar-refractivity contribution is 5.66. The fourth-order valence-corrected chi connectivity index (χ4v) is 2.60. The highest BCUT2D eigenvalue weighted by atomic mass is 16.6. The number of anilines is 3. The van der Waals surface area contributed by atoms with Gasteiger partial charge in [-0.15, -0.1) is 0 Å². The van der Waals surface area contributed by atoms with Crippen LogP contribution in [0.2, 0.25) is 0 Å². The van der Waals surface area contributed by atoms with Crippen LogP contribution in [0.3, 0.4) is 0 Å². The van der Waals surface area contributed by atoms with Gasteiger partial charge in [0.15, 0.2) is 5.75 Å². The number of nitro benzene ring substituents is 1. The third-order valence-corrected chi connectivity index (χ3v) is 4.07. The van der Waals surface area contributed by atoms with Crippen LogP contribution in [0.1, 0.15) is 5.56 Å². The number of ether oxygens (including phenoxy) is 1. The minimum Gasteiger partial charge on any atom is -0.482 e. The molecule has 0 heterocycles. The lowest BCUT2D eigenvalue weighted by Gasteiger charge is -2.14. The molecule has 0 aliphatic heterocycles. The molecule has 0 spiro atoms. The third-order valence-electron chi connectivity index (χ3n) is 4.07. The normalized spacial score (nSPS) is 10.3. The van der Waals surface area contributed by atoms with Crippen molar-refractivity contribution in [1.29, 1.82) is 0 Å². The monoisotopic (exact) mass is 363 g/mol. The molecule has 0 aliphatic rings. The lowest BCUT2D eigenvalue weighted by molar-refractivity contribution is -0.385. The molecule has 0 saturated carbocycles. The molecule has 0 amide bonds. The van der Waals surface area contributed by atoms with E-state index in [1.807, 2.05) is 73.6 Å². The smallest absolute Gasteiger partial charge is 0.311 e. The molecule has 3 aromatic carbocycles. The standard InChI is InChI=1S/C21H21N3O3/c1-23(2)19-11-8-17(9-12-19)22-18-10-13-20(24(25)26)21(14-18)27-15-16-6-4-3-5-7-16/h3-14,22H,15H2,1-2H3. The summed E-state index contributed by atoms with van der Waals surface area (Å²) in [7, 11) is 3.96. The Balaban J connectivity index is 1.79. The molecule has 0 aromatic heterocycles. The van der Waals surface area contributed by atoms with Crippen molar-refractivity contribution in [3.05, 3.63) is 88.5 Å². The van der Waals surface area contributed by atoms with Crippen LogP contribution in [0.15, 0.2) is 72.8 Å². The van der Waals surface area contributed by atoms with Crippen molar-refractivity contribution in [2.24, 2.45) is 0 Å². The van der Waals surface area contributed by atoms with Crippen molar-refractivity contribution in [2.75, 3.05) is 24.3 Å². The summed E-state index contributed by atoms with van der Waals surface area (Å²) in [5.74, 6) is 0.235. The first-order valence-corrected chi connectivity index (χ1v) is 8.52. The van der Waals surface area contributed by atoms with Crippen LogP contribution in [-0.2, 0) is 6.61 Å². The molecule has 6 heteroatoms. The van der Waals surface area contributed by atoms with E-state index < -0.39 is 4.92 Å². The molecule has 0 aliphatic carbocycles. The number of nitrogens with zero attached hydrogens (tertiary/aromatic N) is 2. The van der Waals surface area contributed by atoms with Crippen LogP contribution in [0, 0.1) is 10.1 Å². The fraction of sp³-hybridized carbons (Fsp3) is 0.143. The van der Waals surface area contributed by atoms with Gasteiger partial charge in [-0.1, -0.05) is 30.3 Å². The zero-order chi connectivity index (χ0) is 19.2. The highest BCUT2D eigenvalue weighted by Crippen LogP contribution is 2.32. The van der Waals surface area contributed by atoms with Gasteiger partial charge in [-0.05, 0) is 35.9 Å². The molecule has 138 valence electrons. The summed E-state index contributed by atoms with van der Waals surface area (Å²) in [5, 5.41) is 14.6. The van der Waals surface area contributed by atoms with Gasteiger partial charge in [0.2, 0.25) is 0 Å². The lowest BCUT2D eigenvalue weighted by Crippen LogP contribution is -2.08. The van der Waals surface area contributed by atoms with Crippen molar-refractivity contribution in [2.45, 2.75) is 6.61 Å². The molecule has 1 N–H and O–H groups in total. The van der Waals surface area contributed by atoms with Gasteiger partial charge in [-0.2, -0.15) is 0 Å². The second kappa shape index (κ2) is 8.23. The Kier molecular flexibility index (Phi) is 5.56. The van der Waals surface area contributed by atoms with Crippen LogP contribution in [0.5, 0.6) is 5.75 Å². The molecule has 0 atom stereocenters. The van der Waals surface area contributed by atoms with Crippen molar-refractivity contribution in [1.82, 2.24) is 0 Å². The third kappa shape index (κ3) is 4.76. The molecular weight excluding hydrogens is 342 g/mol. The topological polar surface area (TPSA) is 67.6 Å². The Morgan fingerprint density at radius 2 is 1.63 bits per heavy atom. The minimum atomic E-state index is -0.435. The number of nitrogens with one attached hydrogen (secondary N) is 1. The minimum absolute atomic E-state index is 0.0561. The van der Waals surface area contributed by atoms with E-state index in [1.165, 1.54) is 6.07 Å². The van der Waals surface area contributed by atoms with Gasteiger partial charge in [0.05, 0.1) is 4.92 Å². The summed E-state index contributed by atoms with van der Waals surface area (Å²) in [6.07, 6.45) is 0. The zero-order valence-electron chi connectivity index (χ0n) is 15.3. The van der Waals surface area contributed by atoms with E-state index >= 15 is 0 Å². The summed E-state index contributed by atoms with van der Waals surface area (Å²) in [6.45, 7) is 0.267. The quantitative estimate of drug-likeness (QED) is 0.473. The van der Waals surface area contributed by atoms with E-state index in [4.69, 9.17) is 4.74 Å². The molecule has 27 heavy (non-hydrogen) atoms. The van der Waals surface area contributed by atoms with Gasteiger partial charge in [0, 0.05) is 43.3 Å². The van der Waals surface area contributed by atoms with Gasteiger partial charge < -0.3 is 15.0 Å². The van der Waals surface area contributed by atoms with Crippen LogP contribution in [-0.4, -0.2) is 19.0 Å². The second-order valence-corrected chi connectivity index (χ2v) is 6.28. The molecule has 3 aromatic rings. The van der Waals surface area contributed by atoms with Crippen LogP contribution in [0.25, 0.3) is 0 Å². The maximum atomic E-state index is 11.3. The lowest BCUT2D eigenvalue weighted by atomic mass is 10.2.